The Bertz CT molecular complexity index is 523. The van der Waals surface area contributed by atoms with Crippen molar-refractivity contribution in [2.24, 2.45) is 5.92 Å². The van der Waals surface area contributed by atoms with Crippen molar-refractivity contribution in [3.05, 3.63) is 29.8 Å². The van der Waals surface area contributed by atoms with Gasteiger partial charge < -0.3 is 15.4 Å². The quantitative estimate of drug-likeness (QED) is 0.596. The highest BCUT2D eigenvalue weighted by Gasteiger charge is 2.10. The maximum Gasteiger partial charge on any atom is 0.337 e. The summed E-state index contributed by atoms with van der Waals surface area (Å²) in [5.74, 6) is -0.637. The third-order valence-corrected chi connectivity index (χ3v) is 2.95. The third kappa shape index (κ3) is 6.39. The van der Waals surface area contributed by atoms with Gasteiger partial charge in [0.15, 0.2) is 0 Å². The minimum Gasteiger partial charge on any atom is -0.465 e. The Labute approximate surface area is 130 Å². The fourth-order valence-corrected chi connectivity index (χ4v) is 1.72. The smallest absolute Gasteiger partial charge is 0.337 e. The van der Waals surface area contributed by atoms with E-state index in [0.717, 1.165) is 6.42 Å². The molecular formula is C16H22N2O4. The number of nitrogens with one attached hydrogen (secondary N) is 2. The van der Waals surface area contributed by atoms with Gasteiger partial charge in [0.25, 0.3) is 0 Å². The van der Waals surface area contributed by atoms with Gasteiger partial charge in [-0.2, -0.15) is 0 Å². The highest BCUT2D eigenvalue weighted by Crippen LogP contribution is 2.10. The molecule has 0 aliphatic heterocycles. The predicted molar refractivity (Wildman–Crippen MR) is 83.5 cm³/mol. The summed E-state index contributed by atoms with van der Waals surface area (Å²) in [4.78, 5) is 34.6. The van der Waals surface area contributed by atoms with Crippen LogP contribution in [0.4, 0.5) is 5.69 Å². The second-order valence-electron chi connectivity index (χ2n) is 5.33. The number of carbonyl (C=O) groups excluding carboxylic acids is 3. The lowest BCUT2D eigenvalue weighted by Crippen LogP contribution is -2.29. The van der Waals surface area contributed by atoms with Gasteiger partial charge in [0.05, 0.1) is 12.7 Å². The van der Waals surface area contributed by atoms with E-state index in [1.54, 1.807) is 24.3 Å². The molecule has 0 aliphatic carbocycles. The van der Waals surface area contributed by atoms with Crippen molar-refractivity contribution in [1.82, 2.24) is 5.32 Å². The molecule has 0 atom stereocenters. The van der Waals surface area contributed by atoms with Gasteiger partial charge in [-0.25, -0.2) is 4.79 Å². The van der Waals surface area contributed by atoms with E-state index < -0.39 is 11.9 Å². The Kier molecular flexibility index (Phi) is 7.08. The van der Waals surface area contributed by atoms with Crippen LogP contribution in [0.5, 0.6) is 0 Å². The normalized spacial score (nSPS) is 10.2. The molecule has 0 aromatic heterocycles. The molecule has 1 aromatic carbocycles. The zero-order valence-corrected chi connectivity index (χ0v) is 13.1. The van der Waals surface area contributed by atoms with E-state index in [1.807, 2.05) is 0 Å². The monoisotopic (exact) mass is 306 g/mol. The first kappa shape index (κ1) is 17.7. The van der Waals surface area contributed by atoms with Crippen molar-refractivity contribution in [3.63, 3.8) is 0 Å². The van der Waals surface area contributed by atoms with Crippen LogP contribution in [-0.4, -0.2) is 31.4 Å². The van der Waals surface area contributed by atoms with E-state index in [4.69, 9.17) is 0 Å². The maximum absolute atomic E-state index is 11.7. The van der Waals surface area contributed by atoms with E-state index in [-0.39, 0.29) is 12.3 Å². The van der Waals surface area contributed by atoms with Crippen molar-refractivity contribution >= 4 is 23.5 Å². The van der Waals surface area contributed by atoms with E-state index in [9.17, 15) is 14.4 Å². The molecule has 120 valence electrons. The number of rotatable bonds is 7. The van der Waals surface area contributed by atoms with Crippen LogP contribution in [0.3, 0.4) is 0 Å². The van der Waals surface area contributed by atoms with Gasteiger partial charge in [-0.05, 0) is 36.6 Å². The van der Waals surface area contributed by atoms with Crippen LogP contribution in [0.15, 0.2) is 24.3 Å². The largest absolute Gasteiger partial charge is 0.465 e. The Morgan fingerprint density at radius 1 is 1.09 bits per heavy atom. The molecule has 0 unspecified atom stereocenters. The standard InChI is InChI=1S/C16H22N2O4/c1-11(2)8-9-17-14(19)10-15(20)18-13-6-4-12(5-7-13)16(21)22-3/h4-7,11H,8-10H2,1-3H3,(H,17,19)(H,18,20). The number of hydrogen-bond acceptors (Lipinski definition) is 4. The number of benzene rings is 1. The summed E-state index contributed by atoms with van der Waals surface area (Å²) < 4.78 is 4.58. The van der Waals surface area contributed by atoms with Crippen LogP contribution in [-0.2, 0) is 14.3 Å². The summed E-state index contributed by atoms with van der Waals surface area (Å²) in [6.45, 7) is 4.70. The van der Waals surface area contributed by atoms with Gasteiger partial charge in [0.1, 0.15) is 6.42 Å². The summed E-state index contributed by atoms with van der Waals surface area (Å²) >= 11 is 0. The average molecular weight is 306 g/mol. The van der Waals surface area contributed by atoms with Crippen LogP contribution in [0.2, 0.25) is 0 Å². The van der Waals surface area contributed by atoms with Crippen LogP contribution >= 0.6 is 0 Å². The molecule has 6 nitrogen and oxygen atoms in total. The SMILES string of the molecule is COC(=O)c1ccc(NC(=O)CC(=O)NCCC(C)C)cc1. The predicted octanol–water partition coefficient (Wildman–Crippen LogP) is 1.96. The number of ether oxygens (including phenoxy) is 1. The molecule has 0 fully saturated rings. The molecule has 0 heterocycles. The van der Waals surface area contributed by atoms with Crippen molar-refractivity contribution < 1.29 is 19.1 Å². The first-order chi connectivity index (χ1) is 10.4. The summed E-state index contributed by atoms with van der Waals surface area (Å²) in [5, 5.41) is 5.31. The Morgan fingerprint density at radius 2 is 1.73 bits per heavy atom. The molecule has 0 aliphatic rings. The van der Waals surface area contributed by atoms with Crippen molar-refractivity contribution in [3.8, 4) is 0 Å². The van der Waals surface area contributed by atoms with Gasteiger partial charge in [0.2, 0.25) is 11.8 Å². The zero-order valence-electron chi connectivity index (χ0n) is 13.1. The van der Waals surface area contributed by atoms with Crippen LogP contribution in [0.1, 0.15) is 37.0 Å². The van der Waals surface area contributed by atoms with Gasteiger partial charge >= 0.3 is 5.97 Å². The molecule has 1 aromatic rings. The first-order valence-corrected chi connectivity index (χ1v) is 7.17. The number of esters is 1. The second kappa shape index (κ2) is 8.81. The van der Waals surface area contributed by atoms with E-state index in [0.29, 0.717) is 23.7 Å². The van der Waals surface area contributed by atoms with Crippen molar-refractivity contribution in [2.75, 3.05) is 19.0 Å². The Morgan fingerprint density at radius 3 is 2.27 bits per heavy atom. The van der Waals surface area contributed by atoms with Gasteiger partial charge in [-0.1, -0.05) is 13.8 Å². The highest BCUT2D eigenvalue weighted by atomic mass is 16.5. The molecule has 0 spiro atoms. The van der Waals surface area contributed by atoms with Crippen LogP contribution in [0.25, 0.3) is 0 Å². The topological polar surface area (TPSA) is 84.5 Å². The third-order valence-electron chi connectivity index (χ3n) is 2.95. The van der Waals surface area contributed by atoms with Crippen LogP contribution in [0, 0.1) is 5.92 Å². The van der Waals surface area contributed by atoms with E-state index in [1.165, 1.54) is 7.11 Å². The first-order valence-electron chi connectivity index (χ1n) is 7.17. The molecule has 2 N–H and O–H groups in total. The molecule has 22 heavy (non-hydrogen) atoms. The van der Waals surface area contributed by atoms with E-state index >= 15 is 0 Å². The van der Waals surface area contributed by atoms with Crippen LogP contribution < -0.4 is 10.6 Å². The maximum atomic E-state index is 11.7. The van der Waals surface area contributed by atoms with Gasteiger partial charge in [-0.3, -0.25) is 9.59 Å². The molecule has 0 saturated carbocycles. The number of carbonyl (C=O) groups is 3. The lowest BCUT2D eigenvalue weighted by molar-refractivity contribution is -0.126. The zero-order chi connectivity index (χ0) is 16.5. The summed E-state index contributed by atoms with van der Waals surface area (Å²) in [5.41, 5.74) is 0.916. The summed E-state index contributed by atoms with van der Waals surface area (Å²) in [7, 11) is 1.30. The lowest BCUT2D eigenvalue weighted by Gasteiger charge is -2.08. The molecule has 2 amide bonds. The summed E-state index contributed by atoms with van der Waals surface area (Å²) in [6, 6.07) is 6.26. The highest BCUT2D eigenvalue weighted by molar-refractivity contribution is 6.03. The van der Waals surface area contributed by atoms with Crippen molar-refractivity contribution in [1.29, 1.82) is 0 Å². The van der Waals surface area contributed by atoms with Gasteiger partial charge in [-0.15, -0.1) is 0 Å². The lowest BCUT2D eigenvalue weighted by atomic mass is 10.1. The number of anilines is 1. The molecule has 0 saturated heterocycles. The number of amides is 2. The summed E-state index contributed by atoms with van der Waals surface area (Å²) in [6.07, 6.45) is 0.652. The number of methoxy groups -OCH3 is 1. The minimum atomic E-state index is -0.442. The fourth-order valence-electron chi connectivity index (χ4n) is 1.72. The van der Waals surface area contributed by atoms with Crippen molar-refractivity contribution in [2.45, 2.75) is 26.7 Å². The fraction of sp³-hybridized carbons (Fsp3) is 0.438. The average Bonchev–Trinajstić information content (AvgIpc) is 2.46. The molecule has 6 heteroatoms. The molecular weight excluding hydrogens is 284 g/mol. The molecule has 0 radical (unpaired) electrons. The van der Waals surface area contributed by atoms with Gasteiger partial charge in [0, 0.05) is 12.2 Å². The Balaban J connectivity index is 2.41. The van der Waals surface area contributed by atoms with E-state index in [2.05, 4.69) is 29.2 Å². The molecule has 1 rings (SSSR count). The molecule has 0 bridgehead atoms. The minimum absolute atomic E-state index is 0.225. The number of hydrogen-bond donors (Lipinski definition) is 2. The second-order valence-corrected chi connectivity index (χ2v) is 5.33. The Hall–Kier alpha value is -2.37.